The van der Waals surface area contributed by atoms with Gasteiger partial charge < -0.3 is 0 Å². The van der Waals surface area contributed by atoms with Crippen molar-refractivity contribution < 1.29 is 8.42 Å². The van der Waals surface area contributed by atoms with E-state index in [0.29, 0.717) is 12.2 Å². The second kappa shape index (κ2) is 4.80. The van der Waals surface area contributed by atoms with E-state index in [9.17, 15) is 13.7 Å². The van der Waals surface area contributed by atoms with Gasteiger partial charge in [0.25, 0.3) is 10.0 Å². The Morgan fingerprint density at radius 3 is 2.83 bits per heavy atom. The van der Waals surface area contributed by atoms with Gasteiger partial charge >= 0.3 is 0 Å². The van der Waals surface area contributed by atoms with Crippen LogP contribution in [0.3, 0.4) is 0 Å². The molecule has 10 heteroatoms. The summed E-state index contributed by atoms with van der Waals surface area (Å²) >= 11 is 4.59. The molecule has 0 saturated carbocycles. The molecule has 1 fully saturated rings. The number of rotatable bonds is 3. The second-order valence-corrected chi connectivity index (χ2v) is 7.37. The van der Waals surface area contributed by atoms with Crippen molar-refractivity contribution in [1.29, 1.82) is 5.26 Å². The molecule has 1 N–H and O–H groups in total. The van der Waals surface area contributed by atoms with Gasteiger partial charge in [0.2, 0.25) is 5.03 Å². The summed E-state index contributed by atoms with van der Waals surface area (Å²) in [6.07, 6.45) is 0.496. The van der Waals surface area contributed by atoms with Crippen molar-refractivity contribution in [3.8, 4) is 6.07 Å². The lowest BCUT2D eigenvalue weighted by molar-refractivity contribution is 0.505. The average molecular weight is 352 g/mol. The van der Waals surface area contributed by atoms with E-state index in [0.717, 1.165) is 10.4 Å². The van der Waals surface area contributed by atoms with E-state index >= 15 is 0 Å². The van der Waals surface area contributed by atoms with Gasteiger partial charge in [-0.25, -0.2) is 13.1 Å². The number of hydrogen-bond acceptors (Lipinski definition) is 6. The minimum absolute atomic E-state index is 0.0750. The maximum Gasteiger partial charge on any atom is 0.261 e. The van der Waals surface area contributed by atoms with Gasteiger partial charge in [-0.2, -0.15) is 21.7 Å². The maximum absolute atomic E-state index is 12.3. The molecule has 0 bridgehead atoms. The smallest absolute Gasteiger partial charge is 0.235 e. The number of nitriles is 1. The number of aromatic nitrogens is 3. The van der Waals surface area contributed by atoms with E-state index in [-0.39, 0.29) is 9.63 Å². The van der Waals surface area contributed by atoms with Crippen molar-refractivity contribution >= 4 is 37.7 Å². The fourth-order valence-electron chi connectivity index (χ4n) is 1.67. The highest BCUT2D eigenvalue weighted by Gasteiger charge is 2.40. The van der Waals surface area contributed by atoms with Crippen LogP contribution in [-0.2, 0) is 17.1 Å². The van der Waals surface area contributed by atoms with Crippen molar-refractivity contribution in [3.05, 3.63) is 4.60 Å². The molecule has 0 amide bonds. The van der Waals surface area contributed by atoms with Gasteiger partial charge in [0, 0.05) is 12.8 Å². The molecule has 18 heavy (non-hydrogen) atoms. The van der Waals surface area contributed by atoms with Crippen molar-refractivity contribution in [2.75, 3.05) is 11.5 Å². The summed E-state index contributed by atoms with van der Waals surface area (Å²) < 4.78 is 28.3. The highest BCUT2D eigenvalue weighted by atomic mass is 79.9. The Bertz CT molecular complexity index is 580. The Morgan fingerprint density at radius 1 is 1.67 bits per heavy atom. The van der Waals surface area contributed by atoms with Gasteiger partial charge in [-0.3, -0.25) is 0 Å². The Balaban J connectivity index is 2.37. The SMILES string of the molecule is Cn1nnc(Br)c1S(=O)(=O)NC1(C#N)CCSC1. The lowest BCUT2D eigenvalue weighted by atomic mass is 10.0. The molecule has 1 aliphatic heterocycles. The van der Waals surface area contributed by atoms with E-state index in [2.05, 4.69) is 37.0 Å². The highest BCUT2D eigenvalue weighted by Crippen LogP contribution is 2.29. The summed E-state index contributed by atoms with van der Waals surface area (Å²) in [7, 11) is -2.35. The highest BCUT2D eigenvalue weighted by molar-refractivity contribution is 9.10. The van der Waals surface area contributed by atoms with Crippen molar-refractivity contribution in [2.24, 2.45) is 7.05 Å². The van der Waals surface area contributed by atoms with Crippen molar-refractivity contribution in [2.45, 2.75) is 17.0 Å². The molecule has 2 heterocycles. The van der Waals surface area contributed by atoms with E-state index in [1.54, 1.807) is 11.8 Å². The van der Waals surface area contributed by atoms with Gasteiger partial charge in [-0.1, -0.05) is 5.21 Å². The largest absolute Gasteiger partial charge is 0.261 e. The van der Waals surface area contributed by atoms with Gasteiger partial charge in [0.15, 0.2) is 4.60 Å². The first kappa shape index (κ1) is 13.8. The molecule has 7 nitrogen and oxygen atoms in total. The topological polar surface area (TPSA) is 101 Å². The Kier molecular flexibility index (Phi) is 3.68. The van der Waals surface area contributed by atoms with Gasteiger partial charge in [0.05, 0.1) is 6.07 Å². The third-order valence-electron chi connectivity index (χ3n) is 2.56. The van der Waals surface area contributed by atoms with Crippen LogP contribution >= 0.6 is 27.7 Å². The van der Waals surface area contributed by atoms with E-state index in [1.165, 1.54) is 7.05 Å². The summed E-state index contributed by atoms with van der Waals surface area (Å²) in [5.74, 6) is 1.21. The molecule has 1 unspecified atom stereocenters. The quantitative estimate of drug-likeness (QED) is 0.837. The molecule has 98 valence electrons. The molecule has 1 aliphatic rings. The number of aryl methyl sites for hydroxylation is 1. The van der Waals surface area contributed by atoms with E-state index < -0.39 is 15.6 Å². The molecule has 1 saturated heterocycles. The van der Waals surface area contributed by atoms with Crippen LogP contribution in [0.15, 0.2) is 9.63 Å². The van der Waals surface area contributed by atoms with E-state index in [1.807, 2.05) is 0 Å². The van der Waals surface area contributed by atoms with Gasteiger partial charge in [-0.15, -0.1) is 5.10 Å². The predicted octanol–water partition coefficient (Wildman–Crippen LogP) is 0.255. The molecule has 1 atom stereocenters. The lowest BCUT2D eigenvalue weighted by Gasteiger charge is -2.20. The number of thioether (sulfide) groups is 1. The average Bonchev–Trinajstić information content (AvgIpc) is 2.86. The first-order valence-electron chi connectivity index (χ1n) is 4.98. The molecule has 2 rings (SSSR count). The van der Waals surface area contributed by atoms with Crippen molar-refractivity contribution in [1.82, 2.24) is 19.7 Å². The molecule has 1 aromatic heterocycles. The Hall–Kier alpha value is -0.630. The monoisotopic (exact) mass is 351 g/mol. The fraction of sp³-hybridized carbons (Fsp3) is 0.625. The van der Waals surface area contributed by atoms with Crippen LogP contribution in [0, 0.1) is 11.3 Å². The maximum atomic E-state index is 12.3. The fourth-order valence-corrected chi connectivity index (χ4v) is 5.47. The number of sulfonamides is 1. The third-order valence-corrected chi connectivity index (χ3v) is 6.17. The third kappa shape index (κ3) is 2.40. The summed E-state index contributed by atoms with van der Waals surface area (Å²) in [5.41, 5.74) is -1.03. The number of nitrogens with zero attached hydrogens (tertiary/aromatic N) is 4. The molecule has 0 radical (unpaired) electrons. The first-order chi connectivity index (χ1) is 8.40. The van der Waals surface area contributed by atoms with Gasteiger partial charge in [-0.05, 0) is 28.1 Å². The normalized spacial score (nSPS) is 24.1. The van der Waals surface area contributed by atoms with Crippen LogP contribution < -0.4 is 4.72 Å². The molecule has 1 aromatic rings. The first-order valence-corrected chi connectivity index (χ1v) is 8.41. The molecular formula is C8H10BrN5O2S2. The minimum Gasteiger partial charge on any atom is -0.235 e. The van der Waals surface area contributed by atoms with E-state index in [4.69, 9.17) is 0 Å². The second-order valence-electron chi connectivity index (χ2n) is 3.91. The van der Waals surface area contributed by atoms with Crippen LogP contribution in [0.5, 0.6) is 0 Å². The number of hydrogen-bond donors (Lipinski definition) is 1. The summed E-state index contributed by atoms with van der Waals surface area (Å²) in [5, 5.41) is 16.3. The number of nitrogens with one attached hydrogen (secondary N) is 1. The zero-order valence-electron chi connectivity index (χ0n) is 9.42. The summed E-state index contributed by atoms with van der Waals surface area (Å²) in [6.45, 7) is 0. The van der Waals surface area contributed by atoms with Crippen LogP contribution in [0.1, 0.15) is 6.42 Å². The van der Waals surface area contributed by atoms with Crippen LogP contribution in [0.4, 0.5) is 0 Å². The van der Waals surface area contributed by atoms with Crippen molar-refractivity contribution in [3.63, 3.8) is 0 Å². The zero-order valence-corrected chi connectivity index (χ0v) is 12.6. The zero-order chi connectivity index (χ0) is 13.4. The molecular weight excluding hydrogens is 342 g/mol. The summed E-state index contributed by atoms with van der Waals surface area (Å²) in [4.78, 5) is 0. The van der Waals surface area contributed by atoms with Crippen LogP contribution in [0.25, 0.3) is 0 Å². The molecule has 0 spiro atoms. The Morgan fingerprint density at radius 2 is 2.39 bits per heavy atom. The minimum atomic E-state index is -3.83. The van der Waals surface area contributed by atoms with Crippen LogP contribution in [0.2, 0.25) is 0 Å². The standard InChI is InChI=1S/C8H10BrN5O2S2/c1-14-7(6(9)11-13-14)18(15,16)12-8(4-10)2-3-17-5-8/h12H,2-3,5H2,1H3. The molecule has 0 aromatic carbocycles. The van der Waals surface area contributed by atoms with Crippen LogP contribution in [-0.4, -0.2) is 40.5 Å². The van der Waals surface area contributed by atoms with Gasteiger partial charge in [0.1, 0.15) is 5.54 Å². The summed E-state index contributed by atoms with van der Waals surface area (Å²) in [6, 6.07) is 2.06. The predicted molar refractivity (Wildman–Crippen MR) is 69.3 cm³/mol. The Labute approximate surface area is 117 Å². The lowest BCUT2D eigenvalue weighted by Crippen LogP contribution is -2.47. The number of halogens is 1. The molecule has 0 aliphatic carbocycles.